The van der Waals surface area contributed by atoms with Crippen LogP contribution in [0.1, 0.15) is 0 Å². The van der Waals surface area contributed by atoms with E-state index in [1.165, 1.54) is 0 Å². The molecule has 0 radical (unpaired) electrons. The van der Waals surface area contributed by atoms with Crippen molar-refractivity contribution in [2.24, 2.45) is 0 Å². The van der Waals surface area contributed by atoms with Gasteiger partial charge in [-0.2, -0.15) is 0 Å². The molecule has 0 amide bonds. The van der Waals surface area contributed by atoms with E-state index in [2.05, 4.69) is 26.2 Å². The van der Waals surface area contributed by atoms with Gasteiger partial charge in [-0.25, -0.2) is 0 Å². The van der Waals surface area contributed by atoms with Crippen LogP contribution >= 0.6 is 0 Å². The molecule has 0 spiro atoms. The van der Waals surface area contributed by atoms with E-state index in [0.717, 1.165) is 95.8 Å². The zero-order valence-electron chi connectivity index (χ0n) is 7.71. The summed E-state index contributed by atoms with van der Waals surface area (Å²) in [7, 11) is 0. The molecule has 0 aliphatic rings. The summed E-state index contributed by atoms with van der Waals surface area (Å²) >= 11 is 1.89. The summed E-state index contributed by atoms with van der Waals surface area (Å²) in [5.41, 5.74) is 1.76. The van der Waals surface area contributed by atoms with Crippen LogP contribution in [0, 0.1) is 41.6 Å². The van der Waals surface area contributed by atoms with Crippen molar-refractivity contribution >= 4 is 55.6 Å². The predicted molar refractivity (Wildman–Crippen MR) is 46.9 cm³/mol. The molecule has 0 unspecified atom stereocenters. The van der Waals surface area contributed by atoms with Gasteiger partial charge in [0.25, 0.3) is 0 Å². The van der Waals surface area contributed by atoms with Crippen molar-refractivity contribution < 1.29 is 41.6 Å². The van der Waals surface area contributed by atoms with Crippen LogP contribution in [0.25, 0.3) is 0 Å². The van der Waals surface area contributed by atoms with Gasteiger partial charge < -0.3 is 0 Å². The molecule has 0 nitrogen and oxygen atoms in total. The normalized spacial score (nSPS) is 13.9. The predicted octanol–water partition coefficient (Wildman–Crippen LogP) is 1.39. The Morgan fingerprint density at radius 1 is 1.22 bits per heavy atom. The third-order valence-corrected chi connectivity index (χ3v) is 30.4. The average molecular weight is 443 g/mol. The fourth-order valence-corrected chi connectivity index (χ4v) is 141. The molecule has 0 saturated heterocycles. The molecule has 0 N–H and O–H groups in total. The van der Waals surface area contributed by atoms with Crippen LogP contribution in [0.4, 0.5) is 0 Å². The molecular formula is C5H15RaRbSi2. The molecule has 0 heterocycles. The summed E-state index contributed by atoms with van der Waals surface area (Å²) in [6.45, 7) is 10.4. The fourth-order valence-electron chi connectivity index (χ4n) is 1.59. The van der Waals surface area contributed by atoms with E-state index in [1.807, 2.05) is 0 Å². The van der Waals surface area contributed by atoms with Gasteiger partial charge in [0.05, 0.1) is 0 Å². The molecule has 0 rings (SSSR count). The molecule has 0 aromatic heterocycles. The Bertz CT molecular complexity index is 80.1. The molecule has 0 aromatic carbocycles. The summed E-state index contributed by atoms with van der Waals surface area (Å²) in [5, 5.41) is 0. The van der Waals surface area contributed by atoms with Gasteiger partial charge in [-0.3, -0.25) is 0 Å². The molecule has 9 heavy (non-hydrogen) atoms. The zero-order chi connectivity index (χ0) is 7.71. The third-order valence-electron chi connectivity index (χ3n) is 1.06. The Hall–Kier alpha value is 3.71. The van der Waals surface area contributed by atoms with Crippen molar-refractivity contribution in [2.45, 2.75) is 31.9 Å². The summed E-state index contributed by atoms with van der Waals surface area (Å²) in [5.74, 6) is 0. The summed E-state index contributed by atoms with van der Waals surface area (Å²) in [6.07, 6.45) is 0. The van der Waals surface area contributed by atoms with Crippen LogP contribution in [0.2, 0.25) is 31.9 Å². The van der Waals surface area contributed by atoms with E-state index in [1.54, 1.807) is 5.67 Å². The van der Waals surface area contributed by atoms with E-state index < -0.39 is 1.41 Å². The van der Waals surface area contributed by atoms with Crippen LogP contribution in [0.15, 0.2) is 0 Å². The van der Waals surface area contributed by atoms with Crippen molar-refractivity contribution in [3.63, 3.8) is 0 Å². The van der Waals surface area contributed by atoms with Crippen molar-refractivity contribution in [1.82, 2.24) is 0 Å². The molecule has 46 valence electrons. The molecule has 0 atom stereocenters. The van der Waals surface area contributed by atoms with Crippen LogP contribution in [0.5, 0.6) is 0 Å². The van der Waals surface area contributed by atoms with Crippen LogP contribution in [-0.2, 0) is 0 Å². The molecule has 0 aromatic rings. The van der Waals surface area contributed by atoms with Gasteiger partial charge in [0, 0.05) is 0 Å². The second-order valence-electron chi connectivity index (χ2n) is 5.30. The first-order valence-corrected chi connectivity index (χ1v) is 30.8. The quantitative estimate of drug-likeness (QED) is 0.567. The van der Waals surface area contributed by atoms with Crippen LogP contribution < -0.4 is 0 Å². The first-order chi connectivity index (χ1) is 3.71. The van der Waals surface area contributed by atoms with Crippen LogP contribution in [-0.4, -0.2) is 55.6 Å². The Kier molecular flexibility index (Phi) is 6.79. The van der Waals surface area contributed by atoms with Crippen molar-refractivity contribution in [1.29, 1.82) is 0 Å². The standard InChI is InChI=1S/C5H14Si2.Ra.Rb.H/c1-6(2)5-7(3)4;;;/h5H2,1-4H3;;;. The third kappa shape index (κ3) is 11.7. The Morgan fingerprint density at radius 3 is 1.56 bits per heavy atom. The van der Waals surface area contributed by atoms with E-state index in [-0.39, 0.29) is 0 Å². The first kappa shape index (κ1) is 12.7. The van der Waals surface area contributed by atoms with Crippen molar-refractivity contribution in [2.75, 3.05) is 0 Å². The molecule has 0 bridgehead atoms. The fraction of sp³-hybridized carbons (Fsp3) is 1.00. The molecule has 4 heteroatoms. The topological polar surface area (TPSA) is 0 Å². The minimum atomic E-state index is -0.464. The van der Waals surface area contributed by atoms with Gasteiger partial charge in [0.15, 0.2) is 0 Å². The number of hydrogen-bond acceptors (Lipinski definition) is 0. The number of rotatable bonds is 2. The molecule has 0 fully saturated rings. The second kappa shape index (κ2) is 4.81. The van der Waals surface area contributed by atoms with Crippen molar-refractivity contribution in [3.8, 4) is 0 Å². The van der Waals surface area contributed by atoms with Gasteiger partial charge in [-0.15, -0.1) is 0 Å². The van der Waals surface area contributed by atoms with E-state index in [0.29, 0.717) is 0 Å². The van der Waals surface area contributed by atoms with Gasteiger partial charge in [-0.05, 0) is 0 Å². The van der Waals surface area contributed by atoms with Gasteiger partial charge in [-0.1, -0.05) is 0 Å². The van der Waals surface area contributed by atoms with Gasteiger partial charge in [0.1, 0.15) is 0 Å². The molecular weight excluding hydrogens is 428 g/mol. The SMILES string of the molecule is C[Si](C)([Rb])C[Si](C)(C)[RaH]. The Labute approximate surface area is 125 Å². The van der Waals surface area contributed by atoms with E-state index in [9.17, 15) is 0 Å². The van der Waals surface area contributed by atoms with E-state index >= 15 is 0 Å². The maximum atomic E-state index is 2.60. The minimum absolute atomic E-state index is 0.449. The summed E-state index contributed by atoms with van der Waals surface area (Å²) in [6, 6.07) is 0. The molecule has 0 aliphatic heterocycles. The summed E-state index contributed by atoms with van der Waals surface area (Å²) < 4.78 is -0.912. The average Bonchev–Trinajstić information content (AvgIpc) is 1.14. The second-order valence-corrected chi connectivity index (χ2v) is 70.3. The molecule has 0 aliphatic carbocycles. The molecule has 0 saturated carbocycles. The van der Waals surface area contributed by atoms with Crippen molar-refractivity contribution in [3.05, 3.63) is 0 Å². The monoisotopic (exact) mass is 442 g/mol. The zero-order valence-corrected chi connectivity index (χ0v) is 22.8. The maximum absolute atomic E-state index is 2.60. The number of hydrogen-bond donors (Lipinski definition) is 0. The van der Waals surface area contributed by atoms with Gasteiger partial charge >= 0.3 is 129 Å². The van der Waals surface area contributed by atoms with E-state index in [4.69, 9.17) is 0 Å². The Morgan fingerprint density at radius 2 is 1.56 bits per heavy atom. The van der Waals surface area contributed by atoms with Gasteiger partial charge in [0.2, 0.25) is 0 Å². The van der Waals surface area contributed by atoms with Crippen LogP contribution in [0.3, 0.4) is 0 Å². The Balaban J connectivity index is 3.75. The first-order valence-electron chi connectivity index (χ1n) is 3.71. The summed E-state index contributed by atoms with van der Waals surface area (Å²) in [4.78, 5) is 0.